The zero-order valence-corrected chi connectivity index (χ0v) is 13.3. The predicted octanol–water partition coefficient (Wildman–Crippen LogP) is 4.05. The molecule has 2 nitrogen and oxygen atoms in total. The quantitative estimate of drug-likeness (QED) is 0.888. The fourth-order valence-corrected chi connectivity index (χ4v) is 4.35. The van der Waals surface area contributed by atoms with Gasteiger partial charge in [0.25, 0.3) is 0 Å². The molecule has 2 N–H and O–H groups in total. The third kappa shape index (κ3) is 3.32. The van der Waals surface area contributed by atoms with E-state index in [1.807, 2.05) is 0 Å². The summed E-state index contributed by atoms with van der Waals surface area (Å²) < 4.78 is 0. The molecule has 116 valence electrons. The first kappa shape index (κ1) is 15.1. The van der Waals surface area contributed by atoms with Crippen LogP contribution in [-0.4, -0.2) is 24.0 Å². The van der Waals surface area contributed by atoms with E-state index in [0.29, 0.717) is 6.04 Å². The number of likely N-dealkylation sites (tertiary alicyclic amines) is 1. The summed E-state index contributed by atoms with van der Waals surface area (Å²) in [5.41, 5.74) is 7.96. The molecule has 0 spiro atoms. The molecule has 1 aliphatic carbocycles. The molecule has 3 rings (SSSR count). The molecule has 0 atom stereocenters. The maximum Gasteiger partial charge on any atom is 0.0460 e. The molecule has 0 aromatic heterocycles. The highest BCUT2D eigenvalue weighted by Crippen LogP contribution is 2.41. The van der Waals surface area contributed by atoms with Crippen molar-refractivity contribution in [1.29, 1.82) is 0 Å². The van der Waals surface area contributed by atoms with Crippen LogP contribution in [0.4, 0.5) is 0 Å². The molecule has 21 heavy (non-hydrogen) atoms. The van der Waals surface area contributed by atoms with Crippen LogP contribution in [0.15, 0.2) is 30.3 Å². The fourth-order valence-electron chi connectivity index (χ4n) is 4.35. The lowest BCUT2D eigenvalue weighted by atomic mass is 9.76. The van der Waals surface area contributed by atoms with Crippen molar-refractivity contribution in [3.63, 3.8) is 0 Å². The Bertz CT molecular complexity index is 412. The highest BCUT2D eigenvalue weighted by atomic mass is 15.2. The van der Waals surface area contributed by atoms with Gasteiger partial charge in [0.05, 0.1) is 0 Å². The molecule has 0 bridgehead atoms. The molecule has 1 aromatic rings. The van der Waals surface area contributed by atoms with Crippen molar-refractivity contribution in [2.45, 2.75) is 69.4 Å². The van der Waals surface area contributed by atoms with Gasteiger partial charge in [0.1, 0.15) is 0 Å². The monoisotopic (exact) mass is 286 g/mol. The molecule has 1 saturated carbocycles. The van der Waals surface area contributed by atoms with Crippen LogP contribution in [-0.2, 0) is 5.54 Å². The molecule has 2 heteroatoms. The zero-order chi connectivity index (χ0) is 14.5. The number of piperidine rings is 1. The zero-order valence-electron chi connectivity index (χ0n) is 13.3. The highest BCUT2D eigenvalue weighted by Gasteiger charge is 2.39. The normalized spacial score (nSPS) is 25.2. The Morgan fingerprint density at radius 3 is 2.05 bits per heavy atom. The number of hydrogen-bond donors (Lipinski definition) is 1. The first-order valence-corrected chi connectivity index (χ1v) is 8.87. The Morgan fingerprint density at radius 1 is 0.857 bits per heavy atom. The third-order valence-corrected chi connectivity index (χ3v) is 5.64. The van der Waals surface area contributed by atoms with Crippen molar-refractivity contribution < 1.29 is 0 Å². The Morgan fingerprint density at radius 2 is 1.43 bits per heavy atom. The Balaban J connectivity index is 1.89. The summed E-state index contributed by atoms with van der Waals surface area (Å²) in [5, 5.41) is 0. The first-order chi connectivity index (χ1) is 10.3. The molecular weight excluding hydrogens is 256 g/mol. The van der Waals surface area contributed by atoms with Gasteiger partial charge in [0, 0.05) is 24.7 Å². The van der Waals surface area contributed by atoms with Crippen molar-refractivity contribution in [2.24, 2.45) is 5.73 Å². The summed E-state index contributed by atoms with van der Waals surface area (Å²) in [6.07, 6.45) is 12.0. The van der Waals surface area contributed by atoms with Crippen LogP contribution in [0.3, 0.4) is 0 Å². The van der Waals surface area contributed by atoms with Gasteiger partial charge < -0.3 is 5.73 Å². The second-order valence-corrected chi connectivity index (χ2v) is 6.99. The second-order valence-electron chi connectivity index (χ2n) is 6.99. The largest absolute Gasteiger partial charge is 0.328 e. The van der Waals surface area contributed by atoms with Crippen LogP contribution in [0.25, 0.3) is 0 Å². The third-order valence-electron chi connectivity index (χ3n) is 5.64. The minimum atomic E-state index is 0.280. The van der Waals surface area contributed by atoms with Gasteiger partial charge >= 0.3 is 0 Å². The lowest BCUT2D eigenvalue weighted by molar-refractivity contribution is 0.0347. The van der Waals surface area contributed by atoms with Crippen molar-refractivity contribution in [3.05, 3.63) is 35.9 Å². The van der Waals surface area contributed by atoms with Gasteiger partial charge in [-0.15, -0.1) is 0 Å². The first-order valence-electron chi connectivity index (χ1n) is 8.87. The maximum atomic E-state index is 6.14. The number of nitrogens with two attached hydrogens (primary N) is 1. The van der Waals surface area contributed by atoms with E-state index in [0.717, 1.165) is 12.8 Å². The molecule has 0 radical (unpaired) electrons. The van der Waals surface area contributed by atoms with E-state index < -0.39 is 0 Å². The lowest BCUT2D eigenvalue weighted by Gasteiger charge is -2.48. The lowest BCUT2D eigenvalue weighted by Crippen LogP contribution is -2.52. The van der Waals surface area contributed by atoms with Gasteiger partial charge in [-0.2, -0.15) is 0 Å². The Labute approximate surface area is 129 Å². The average molecular weight is 286 g/mol. The van der Waals surface area contributed by atoms with Gasteiger partial charge in [0.15, 0.2) is 0 Å². The molecule has 2 fully saturated rings. The summed E-state index contributed by atoms with van der Waals surface area (Å²) in [6.45, 7) is 2.35. The number of benzene rings is 1. The standard InChI is InChI=1S/C19H30N2/c20-18-11-15-21(16-12-18)19(17-9-5-4-6-10-17)13-7-2-1-3-8-14-19/h4-6,9-10,18H,1-3,7-8,11-16,20H2. The van der Waals surface area contributed by atoms with Crippen LogP contribution in [0.1, 0.15) is 63.4 Å². The van der Waals surface area contributed by atoms with Gasteiger partial charge in [-0.3, -0.25) is 4.90 Å². The molecule has 2 aliphatic rings. The maximum absolute atomic E-state index is 6.14. The van der Waals surface area contributed by atoms with Crippen molar-refractivity contribution in [2.75, 3.05) is 13.1 Å². The van der Waals surface area contributed by atoms with E-state index >= 15 is 0 Å². The van der Waals surface area contributed by atoms with Crippen LogP contribution in [0.5, 0.6) is 0 Å². The van der Waals surface area contributed by atoms with E-state index in [1.54, 1.807) is 5.56 Å². The molecular formula is C19H30N2. The summed E-state index contributed by atoms with van der Waals surface area (Å²) in [5.74, 6) is 0. The smallest absolute Gasteiger partial charge is 0.0460 e. The molecule has 0 unspecified atom stereocenters. The van der Waals surface area contributed by atoms with E-state index in [1.165, 1.54) is 58.0 Å². The summed E-state index contributed by atoms with van der Waals surface area (Å²) >= 11 is 0. The predicted molar refractivity (Wildman–Crippen MR) is 89.2 cm³/mol. The molecule has 1 saturated heterocycles. The Kier molecular flexibility index (Phi) is 4.97. The Hall–Kier alpha value is -0.860. The molecule has 0 amide bonds. The highest BCUT2D eigenvalue weighted by molar-refractivity contribution is 5.25. The summed E-state index contributed by atoms with van der Waals surface area (Å²) in [7, 11) is 0. The number of hydrogen-bond acceptors (Lipinski definition) is 2. The van der Waals surface area contributed by atoms with Crippen molar-refractivity contribution >= 4 is 0 Å². The van der Waals surface area contributed by atoms with Crippen LogP contribution in [0, 0.1) is 0 Å². The van der Waals surface area contributed by atoms with Gasteiger partial charge in [-0.1, -0.05) is 62.4 Å². The number of rotatable bonds is 2. The van der Waals surface area contributed by atoms with E-state index in [4.69, 9.17) is 5.73 Å². The average Bonchev–Trinajstić information content (AvgIpc) is 2.50. The van der Waals surface area contributed by atoms with Gasteiger partial charge in [-0.05, 0) is 31.2 Å². The van der Waals surface area contributed by atoms with Crippen LogP contribution >= 0.6 is 0 Å². The topological polar surface area (TPSA) is 29.3 Å². The fraction of sp³-hybridized carbons (Fsp3) is 0.684. The molecule has 1 heterocycles. The van der Waals surface area contributed by atoms with E-state index in [-0.39, 0.29) is 5.54 Å². The summed E-state index contributed by atoms with van der Waals surface area (Å²) in [6, 6.07) is 11.7. The minimum absolute atomic E-state index is 0.280. The summed E-state index contributed by atoms with van der Waals surface area (Å²) in [4.78, 5) is 2.77. The van der Waals surface area contributed by atoms with Crippen molar-refractivity contribution in [3.8, 4) is 0 Å². The van der Waals surface area contributed by atoms with Crippen LogP contribution in [0.2, 0.25) is 0 Å². The van der Waals surface area contributed by atoms with Gasteiger partial charge in [-0.25, -0.2) is 0 Å². The number of nitrogens with zero attached hydrogens (tertiary/aromatic N) is 1. The molecule has 1 aliphatic heterocycles. The minimum Gasteiger partial charge on any atom is -0.328 e. The second kappa shape index (κ2) is 6.93. The SMILES string of the molecule is NC1CCN(C2(c3ccccc3)CCCCCCC2)CC1. The molecule has 1 aromatic carbocycles. The van der Waals surface area contributed by atoms with Crippen molar-refractivity contribution in [1.82, 2.24) is 4.90 Å². The van der Waals surface area contributed by atoms with E-state index in [9.17, 15) is 0 Å². The van der Waals surface area contributed by atoms with Gasteiger partial charge in [0.2, 0.25) is 0 Å². The van der Waals surface area contributed by atoms with Crippen LogP contribution < -0.4 is 5.73 Å². The van der Waals surface area contributed by atoms with E-state index in [2.05, 4.69) is 35.2 Å².